The molecule has 8 rings (SSSR count). The van der Waals surface area contributed by atoms with Gasteiger partial charge in [-0.15, -0.1) is 11.3 Å². The van der Waals surface area contributed by atoms with Crippen LogP contribution in [0.1, 0.15) is 0 Å². The number of nitrogens with zero attached hydrogens (tertiary/aromatic N) is 5. The first-order valence-electron chi connectivity index (χ1n) is 11.1. The minimum Gasteiger partial charge on any atom is -0.276 e. The number of aromatic nitrogens is 5. The van der Waals surface area contributed by atoms with Crippen LogP contribution < -0.4 is 0 Å². The molecule has 0 aliphatic rings. The summed E-state index contributed by atoms with van der Waals surface area (Å²) >= 11 is 1.79. The SMILES string of the molecule is c1ccc2nc(-n3c4ccccc4c4ccc5c(sc6ccc7nccnc7c65)c43)ncc2c1. The van der Waals surface area contributed by atoms with Crippen molar-refractivity contribution >= 4 is 75.3 Å². The fourth-order valence-corrected chi connectivity index (χ4v) is 6.32. The summed E-state index contributed by atoms with van der Waals surface area (Å²) in [7, 11) is 0. The summed E-state index contributed by atoms with van der Waals surface area (Å²) in [5, 5.41) is 5.76. The topological polar surface area (TPSA) is 56.5 Å². The Morgan fingerprint density at radius 3 is 2.53 bits per heavy atom. The van der Waals surface area contributed by atoms with E-state index < -0.39 is 0 Å². The van der Waals surface area contributed by atoms with E-state index in [4.69, 9.17) is 9.97 Å². The van der Waals surface area contributed by atoms with Gasteiger partial charge in [-0.05, 0) is 24.3 Å². The van der Waals surface area contributed by atoms with Gasteiger partial charge in [-0.3, -0.25) is 14.5 Å². The van der Waals surface area contributed by atoms with Crippen molar-refractivity contribution in [1.29, 1.82) is 0 Å². The van der Waals surface area contributed by atoms with E-state index in [2.05, 4.69) is 63.1 Å². The molecule has 158 valence electrons. The molecule has 0 saturated heterocycles. The molecule has 0 saturated carbocycles. The number of thiophene rings is 1. The molecule has 4 aromatic carbocycles. The van der Waals surface area contributed by atoms with E-state index >= 15 is 0 Å². The van der Waals surface area contributed by atoms with Gasteiger partial charge in [0.15, 0.2) is 0 Å². The Bertz CT molecular complexity index is 2090. The molecule has 0 aliphatic carbocycles. The lowest BCUT2D eigenvalue weighted by Gasteiger charge is -2.07. The Kier molecular flexibility index (Phi) is 3.48. The molecule has 8 aromatic rings. The number of fused-ring (bicyclic) bond motifs is 10. The molecule has 0 amide bonds. The minimum atomic E-state index is 0.680. The first-order valence-corrected chi connectivity index (χ1v) is 11.9. The van der Waals surface area contributed by atoms with Crippen molar-refractivity contribution in [3.05, 3.63) is 91.4 Å². The van der Waals surface area contributed by atoms with Crippen LogP contribution in [0.5, 0.6) is 0 Å². The summed E-state index contributed by atoms with van der Waals surface area (Å²) in [6.45, 7) is 0. The zero-order valence-electron chi connectivity index (χ0n) is 17.8. The largest absolute Gasteiger partial charge is 0.276 e. The molecule has 4 heterocycles. The van der Waals surface area contributed by atoms with E-state index in [-0.39, 0.29) is 0 Å². The Hall–Kier alpha value is -4.42. The molecule has 4 aromatic heterocycles. The lowest BCUT2D eigenvalue weighted by molar-refractivity contribution is 1.01. The average Bonchev–Trinajstić information content (AvgIpc) is 3.44. The lowest BCUT2D eigenvalue weighted by atomic mass is 10.1. The maximum atomic E-state index is 4.96. The van der Waals surface area contributed by atoms with Crippen LogP contribution in [0, 0.1) is 0 Å². The molecule has 0 bridgehead atoms. The van der Waals surface area contributed by atoms with Crippen LogP contribution in [0.15, 0.2) is 91.4 Å². The van der Waals surface area contributed by atoms with Gasteiger partial charge in [0.2, 0.25) is 5.95 Å². The summed E-state index contributed by atoms with van der Waals surface area (Å²) in [5.41, 5.74) is 5.02. The van der Waals surface area contributed by atoms with Gasteiger partial charge in [0.25, 0.3) is 0 Å². The Labute approximate surface area is 197 Å². The molecule has 0 fully saturated rings. The van der Waals surface area contributed by atoms with Crippen molar-refractivity contribution in [2.75, 3.05) is 0 Å². The van der Waals surface area contributed by atoms with E-state index in [0.29, 0.717) is 5.95 Å². The summed E-state index contributed by atoms with van der Waals surface area (Å²) in [6.07, 6.45) is 5.42. The maximum absolute atomic E-state index is 4.96. The molecule has 5 nitrogen and oxygen atoms in total. The number of rotatable bonds is 1. The fraction of sp³-hybridized carbons (Fsp3) is 0. The van der Waals surface area contributed by atoms with Crippen molar-refractivity contribution in [3.63, 3.8) is 0 Å². The zero-order chi connectivity index (χ0) is 22.2. The van der Waals surface area contributed by atoms with Gasteiger partial charge in [-0.2, -0.15) is 0 Å². The van der Waals surface area contributed by atoms with Gasteiger partial charge in [-0.1, -0.05) is 48.5 Å². The number of hydrogen-bond donors (Lipinski definition) is 0. The Morgan fingerprint density at radius 1 is 0.676 bits per heavy atom. The smallest absolute Gasteiger partial charge is 0.235 e. The number of hydrogen-bond acceptors (Lipinski definition) is 5. The second kappa shape index (κ2) is 6.56. The van der Waals surface area contributed by atoms with Crippen LogP contribution >= 0.6 is 11.3 Å². The van der Waals surface area contributed by atoms with E-state index in [1.807, 2.05) is 30.5 Å². The standard InChI is InChI=1S/C28H15N5S/c1-3-7-20-16(5-1)15-31-28(32-20)33-22-8-4-2-6-17(22)18-9-10-19-24-23(34-27(19)26(18)33)12-11-21-25(24)30-14-13-29-21/h1-15H. The summed E-state index contributed by atoms with van der Waals surface area (Å²) in [6, 6.07) is 25.2. The molecular weight excluding hydrogens is 438 g/mol. The monoisotopic (exact) mass is 453 g/mol. The summed E-state index contributed by atoms with van der Waals surface area (Å²) in [5.74, 6) is 0.680. The molecule has 0 unspecified atom stereocenters. The first-order chi connectivity index (χ1) is 16.9. The third kappa shape index (κ3) is 2.32. The summed E-state index contributed by atoms with van der Waals surface area (Å²) in [4.78, 5) is 19.0. The highest BCUT2D eigenvalue weighted by Crippen LogP contribution is 2.44. The molecule has 0 N–H and O–H groups in total. The molecule has 0 radical (unpaired) electrons. The third-order valence-electron chi connectivity index (χ3n) is 6.55. The van der Waals surface area contributed by atoms with Crippen molar-refractivity contribution in [1.82, 2.24) is 24.5 Å². The van der Waals surface area contributed by atoms with Gasteiger partial charge in [0.05, 0.1) is 32.3 Å². The van der Waals surface area contributed by atoms with Gasteiger partial charge in [0.1, 0.15) is 0 Å². The van der Waals surface area contributed by atoms with Gasteiger partial charge in [0, 0.05) is 50.2 Å². The van der Waals surface area contributed by atoms with E-state index in [1.165, 1.54) is 25.6 Å². The lowest BCUT2D eigenvalue weighted by Crippen LogP contribution is -2.00. The average molecular weight is 454 g/mol. The third-order valence-corrected chi connectivity index (χ3v) is 7.73. The van der Waals surface area contributed by atoms with Crippen LogP contribution in [0.4, 0.5) is 0 Å². The van der Waals surface area contributed by atoms with Crippen molar-refractivity contribution in [2.24, 2.45) is 0 Å². The normalized spacial score (nSPS) is 12.1. The quantitative estimate of drug-likeness (QED) is 0.267. The molecule has 0 atom stereocenters. The van der Waals surface area contributed by atoms with Crippen molar-refractivity contribution in [2.45, 2.75) is 0 Å². The second-order valence-corrected chi connectivity index (χ2v) is 9.44. The van der Waals surface area contributed by atoms with Crippen LogP contribution in [0.25, 0.3) is 69.9 Å². The Morgan fingerprint density at radius 2 is 1.53 bits per heavy atom. The molecule has 34 heavy (non-hydrogen) atoms. The highest BCUT2D eigenvalue weighted by Gasteiger charge is 2.20. The van der Waals surface area contributed by atoms with Crippen LogP contribution in [-0.2, 0) is 0 Å². The van der Waals surface area contributed by atoms with Gasteiger partial charge < -0.3 is 0 Å². The fourth-order valence-electron chi connectivity index (χ4n) is 5.08. The molecule has 0 spiro atoms. The summed E-state index contributed by atoms with van der Waals surface area (Å²) < 4.78 is 4.62. The molecule has 0 aliphatic heterocycles. The molecule has 6 heteroatoms. The second-order valence-electron chi connectivity index (χ2n) is 8.38. The predicted octanol–water partition coefficient (Wildman–Crippen LogP) is 7.04. The predicted molar refractivity (Wildman–Crippen MR) is 140 cm³/mol. The van der Waals surface area contributed by atoms with E-state index in [9.17, 15) is 0 Å². The zero-order valence-corrected chi connectivity index (χ0v) is 18.6. The highest BCUT2D eigenvalue weighted by molar-refractivity contribution is 7.26. The van der Waals surface area contributed by atoms with Crippen molar-refractivity contribution < 1.29 is 0 Å². The number of para-hydroxylation sites is 2. The first kappa shape index (κ1) is 18.1. The van der Waals surface area contributed by atoms with E-state index in [0.717, 1.165) is 38.4 Å². The minimum absolute atomic E-state index is 0.680. The maximum Gasteiger partial charge on any atom is 0.235 e. The van der Waals surface area contributed by atoms with Crippen LogP contribution in [-0.4, -0.2) is 24.5 Å². The van der Waals surface area contributed by atoms with Crippen molar-refractivity contribution in [3.8, 4) is 5.95 Å². The Balaban J connectivity index is 1.59. The highest BCUT2D eigenvalue weighted by atomic mass is 32.1. The van der Waals surface area contributed by atoms with Crippen LogP contribution in [0.3, 0.4) is 0 Å². The van der Waals surface area contributed by atoms with Crippen LogP contribution in [0.2, 0.25) is 0 Å². The van der Waals surface area contributed by atoms with E-state index in [1.54, 1.807) is 23.7 Å². The number of benzene rings is 4. The molecular formula is C28H15N5S. The van der Waals surface area contributed by atoms with Gasteiger partial charge >= 0.3 is 0 Å². The van der Waals surface area contributed by atoms with Gasteiger partial charge in [-0.25, -0.2) is 9.97 Å².